The van der Waals surface area contributed by atoms with E-state index in [1.165, 1.54) is 11.8 Å². The maximum absolute atomic E-state index is 13.1. The molecule has 1 amide bonds. The number of nitrogens with one attached hydrogen (secondary N) is 2. The molecule has 0 unspecified atom stereocenters. The number of aromatic nitrogens is 3. The van der Waals surface area contributed by atoms with Crippen LogP contribution >= 0.6 is 24.0 Å². The topological polar surface area (TPSA) is 99.5 Å². The van der Waals surface area contributed by atoms with E-state index in [0.717, 1.165) is 11.3 Å². The third kappa shape index (κ3) is 7.11. The van der Waals surface area contributed by atoms with Gasteiger partial charge in [-0.3, -0.25) is 15.5 Å². The Hall–Kier alpha value is -3.31. The van der Waals surface area contributed by atoms with Crippen molar-refractivity contribution in [2.75, 3.05) is 25.2 Å². The first-order chi connectivity index (χ1) is 17.5. The van der Waals surface area contributed by atoms with Gasteiger partial charge in [-0.05, 0) is 50.7 Å². The first kappa shape index (κ1) is 27.3. The molecule has 0 saturated carbocycles. The van der Waals surface area contributed by atoms with Crippen LogP contribution in [0.4, 0.5) is 0 Å². The van der Waals surface area contributed by atoms with Crippen molar-refractivity contribution < 1.29 is 19.0 Å². The van der Waals surface area contributed by atoms with Crippen molar-refractivity contribution in [1.82, 2.24) is 20.2 Å². The highest BCUT2D eigenvalue weighted by Gasteiger charge is 2.20. The van der Waals surface area contributed by atoms with Crippen molar-refractivity contribution in [2.45, 2.75) is 45.0 Å². The van der Waals surface area contributed by atoms with Gasteiger partial charge in [-0.2, -0.15) is 0 Å². The number of hydrogen-bond donors (Lipinski definition) is 2. The Balaban J connectivity index is 1.76. The number of carbonyl (C=O) groups is 1. The number of rotatable bonds is 12. The van der Waals surface area contributed by atoms with Gasteiger partial charge < -0.3 is 14.2 Å². The van der Waals surface area contributed by atoms with E-state index in [2.05, 4.69) is 33.1 Å². The van der Waals surface area contributed by atoms with Gasteiger partial charge in [-0.25, -0.2) is 4.68 Å². The van der Waals surface area contributed by atoms with Gasteiger partial charge in [0.2, 0.25) is 10.9 Å². The minimum absolute atomic E-state index is 0.112. The molecule has 0 bridgehead atoms. The molecule has 0 saturated heterocycles. The third-order valence-electron chi connectivity index (χ3n) is 4.84. The fourth-order valence-corrected chi connectivity index (χ4v) is 4.33. The molecular formula is C25H31N5O4S2. The van der Waals surface area contributed by atoms with Crippen molar-refractivity contribution in [3.8, 4) is 17.2 Å². The van der Waals surface area contributed by atoms with E-state index in [4.69, 9.17) is 26.4 Å². The zero-order valence-electron chi connectivity index (χ0n) is 20.9. The van der Waals surface area contributed by atoms with Gasteiger partial charge in [0, 0.05) is 17.7 Å². The lowest BCUT2D eigenvalue weighted by Crippen LogP contribution is -2.38. The summed E-state index contributed by atoms with van der Waals surface area (Å²) in [5.41, 5.74) is 4.53. The molecule has 36 heavy (non-hydrogen) atoms. The van der Waals surface area contributed by atoms with E-state index in [9.17, 15) is 4.79 Å². The molecule has 2 N–H and O–H groups in total. The Labute approximate surface area is 220 Å². The number of ether oxygens (including phenoxy) is 3. The van der Waals surface area contributed by atoms with E-state index < -0.39 is 5.91 Å². The lowest BCUT2D eigenvalue weighted by atomic mass is 10.1. The van der Waals surface area contributed by atoms with E-state index in [1.807, 2.05) is 45.9 Å². The van der Waals surface area contributed by atoms with E-state index in [-0.39, 0.29) is 5.11 Å². The van der Waals surface area contributed by atoms with Crippen LogP contribution in [0.15, 0.2) is 47.6 Å². The average Bonchev–Trinajstić information content (AvgIpc) is 3.26. The number of carbonyl (C=O) groups excluding carboxylic acids is 1. The third-order valence-corrected chi connectivity index (χ3v) is 6.03. The largest absolute Gasteiger partial charge is 0.490 e. The molecule has 0 aliphatic rings. The Bertz CT molecular complexity index is 1140. The summed E-state index contributed by atoms with van der Waals surface area (Å²) in [6, 6.07) is 13.3. The van der Waals surface area contributed by atoms with Crippen LogP contribution in [0.5, 0.6) is 17.2 Å². The number of nitrogens with zero attached hydrogens (tertiary/aromatic N) is 3. The molecule has 0 fully saturated rings. The zero-order valence-corrected chi connectivity index (χ0v) is 22.5. The lowest BCUT2D eigenvalue weighted by molar-refractivity contribution is 0.0976. The SMILES string of the molecule is CCOc1cc(C(=O)NC(=S)Nn2c(CC)nnc2SCc2ccccc2)cc(OCC)c1OCC. The van der Waals surface area contributed by atoms with Gasteiger partial charge in [0.15, 0.2) is 22.4 Å². The molecule has 11 heteroatoms. The van der Waals surface area contributed by atoms with Gasteiger partial charge in [-0.1, -0.05) is 49.0 Å². The van der Waals surface area contributed by atoms with Crippen molar-refractivity contribution in [1.29, 1.82) is 0 Å². The van der Waals surface area contributed by atoms with Crippen molar-refractivity contribution in [3.63, 3.8) is 0 Å². The van der Waals surface area contributed by atoms with Crippen LogP contribution in [0.1, 0.15) is 49.4 Å². The minimum atomic E-state index is -0.415. The Morgan fingerprint density at radius 1 is 0.972 bits per heavy atom. The summed E-state index contributed by atoms with van der Waals surface area (Å²) in [6.07, 6.45) is 0.636. The fraction of sp³-hybridized carbons (Fsp3) is 0.360. The van der Waals surface area contributed by atoms with Crippen LogP contribution < -0.4 is 25.0 Å². The van der Waals surface area contributed by atoms with Crippen LogP contribution in [-0.4, -0.2) is 45.7 Å². The fourth-order valence-electron chi connectivity index (χ4n) is 3.28. The molecule has 2 aromatic carbocycles. The van der Waals surface area contributed by atoms with Crippen LogP contribution in [0.25, 0.3) is 0 Å². The molecule has 0 radical (unpaired) electrons. The van der Waals surface area contributed by atoms with Gasteiger partial charge in [0.25, 0.3) is 5.91 Å². The number of hydrogen-bond acceptors (Lipinski definition) is 8. The van der Waals surface area contributed by atoms with Gasteiger partial charge in [-0.15, -0.1) is 10.2 Å². The smallest absolute Gasteiger partial charge is 0.257 e. The van der Waals surface area contributed by atoms with E-state index in [0.29, 0.717) is 60.0 Å². The second-order valence-corrected chi connectivity index (χ2v) is 8.71. The second-order valence-electron chi connectivity index (χ2n) is 7.36. The summed E-state index contributed by atoms with van der Waals surface area (Å²) >= 11 is 6.96. The number of benzene rings is 2. The van der Waals surface area contributed by atoms with E-state index >= 15 is 0 Å². The highest BCUT2D eigenvalue weighted by atomic mass is 32.2. The normalized spacial score (nSPS) is 10.6. The molecule has 9 nitrogen and oxygen atoms in total. The monoisotopic (exact) mass is 529 g/mol. The molecule has 0 aliphatic carbocycles. The Morgan fingerprint density at radius 2 is 1.61 bits per heavy atom. The predicted molar refractivity (Wildman–Crippen MR) is 145 cm³/mol. The maximum Gasteiger partial charge on any atom is 0.257 e. The van der Waals surface area contributed by atoms with Crippen molar-refractivity contribution in [2.24, 2.45) is 0 Å². The van der Waals surface area contributed by atoms with E-state index in [1.54, 1.807) is 16.8 Å². The lowest BCUT2D eigenvalue weighted by Gasteiger charge is -2.17. The Morgan fingerprint density at radius 3 is 2.19 bits per heavy atom. The quantitative estimate of drug-likeness (QED) is 0.258. The first-order valence-corrected chi connectivity index (χ1v) is 13.2. The summed E-state index contributed by atoms with van der Waals surface area (Å²) in [4.78, 5) is 13.1. The van der Waals surface area contributed by atoms with Gasteiger partial charge in [0.1, 0.15) is 0 Å². The molecule has 192 valence electrons. The zero-order chi connectivity index (χ0) is 25.9. The number of aryl methyl sites for hydroxylation is 1. The second kappa shape index (κ2) is 13.7. The summed E-state index contributed by atoms with van der Waals surface area (Å²) in [5, 5.41) is 12.0. The Kier molecular flexibility index (Phi) is 10.4. The predicted octanol–water partition coefficient (Wildman–Crippen LogP) is 4.59. The summed E-state index contributed by atoms with van der Waals surface area (Å²) in [6.45, 7) is 8.82. The highest BCUT2D eigenvalue weighted by Crippen LogP contribution is 2.39. The molecule has 0 spiro atoms. The van der Waals surface area contributed by atoms with Crippen molar-refractivity contribution >= 4 is 35.0 Å². The van der Waals surface area contributed by atoms with Crippen LogP contribution in [0, 0.1) is 0 Å². The number of thiocarbonyl (C=S) groups is 1. The van der Waals surface area contributed by atoms with Crippen LogP contribution in [0.3, 0.4) is 0 Å². The molecule has 1 aromatic heterocycles. The average molecular weight is 530 g/mol. The summed E-state index contributed by atoms with van der Waals surface area (Å²) in [5.74, 6) is 2.33. The van der Waals surface area contributed by atoms with Crippen LogP contribution in [0.2, 0.25) is 0 Å². The van der Waals surface area contributed by atoms with Gasteiger partial charge in [0.05, 0.1) is 19.8 Å². The molecule has 0 atom stereocenters. The highest BCUT2D eigenvalue weighted by molar-refractivity contribution is 7.98. The summed E-state index contributed by atoms with van der Waals surface area (Å²) < 4.78 is 18.8. The molecule has 0 aliphatic heterocycles. The number of amides is 1. The van der Waals surface area contributed by atoms with Crippen molar-refractivity contribution in [3.05, 3.63) is 59.4 Å². The molecule has 3 aromatic rings. The number of thioether (sulfide) groups is 1. The molecule has 1 heterocycles. The van der Waals surface area contributed by atoms with Crippen LogP contribution in [-0.2, 0) is 12.2 Å². The minimum Gasteiger partial charge on any atom is -0.490 e. The molecular weight excluding hydrogens is 498 g/mol. The molecule has 3 rings (SSSR count). The first-order valence-electron chi connectivity index (χ1n) is 11.8. The summed E-state index contributed by atoms with van der Waals surface area (Å²) in [7, 11) is 0. The maximum atomic E-state index is 13.1. The standard InChI is InChI=1S/C25H31N5O4S2/c1-5-21-27-28-25(36-16-17-12-10-9-11-13-17)30(21)29-24(35)26-23(31)18-14-19(32-6-2)22(34-8-4)20(15-18)33-7-3/h9-15H,5-8,16H2,1-4H3,(H2,26,29,31,35). The van der Waals surface area contributed by atoms with Gasteiger partial charge >= 0.3 is 0 Å².